The number of allylic oxidation sites excluding steroid dienone is 1. The van der Waals surface area contributed by atoms with Crippen LogP contribution in [0.5, 0.6) is 0 Å². The summed E-state index contributed by atoms with van der Waals surface area (Å²) in [4.78, 5) is 26.1. The third-order valence-corrected chi connectivity index (χ3v) is 4.92. The van der Waals surface area contributed by atoms with Gasteiger partial charge in [-0.15, -0.1) is 0 Å². The number of rotatable bonds is 8. The molecule has 27 heavy (non-hydrogen) atoms. The van der Waals surface area contributed by atoms with Gasteiger partial charge in [-0.2, -0.15) is 0 Å². The van der Waals surface area contributed by atoms with E-state index in [9.17, 15) is 9.59 Å². The Labute approximate surface area is 163 Å². The second kappa shape index (κ2) is 10.3. The lowest BCUT2D eigenvalue weighted by molar-refractivity contribution is -0.122. The lowest BCUT2D eigenvalue weighted by Gasteiger charge is -2.18. The summed E-state index contributed by atoms with van der Waals surface area (Å²) in [5.74, 6) is -0.142. The highest BCUT2D eigenvalue weighted by Crippen LogP contribution is 2.22. The molecule has 0 atom stereocenters. The SMILES string of the molecule is Cc1cc(C)c(NC(=O)CN(C)CC(=O)NCCC2=CCCCC2)c(C)c1. The molecule has 0 fully saturated rings. The molecule has 5 nitrogen and oxygen atoms in total. The van der Waals surface area contributed by atoms with E-state index in [1.54, 1.807) is 11.9 Å². The zero-order valence-corrected chi connectivity index (χ0v) is 17.2. The van der Waals surface area contributed by atoms with Crippen molar-refractivity contribution in [2.24, 2.45) is 0 Å². The average molecular weight is 372 g/mol. The van der Waals surface area contributed by atoms with Gasteiger partial charge in [0.15, 0.2) is 0 Å². The van der Waals surface area contributed by atoms with E-state index >= 15 is 0 Å². The Bertz CT molecular complexity index is 687. The molecule has 0 saturated carbocycles. The molecule has 5 heteroatoms. The molecule has 0 bridgehead atoms. The van der Waals surface area contributed by atoms with Crippen molar-refractivity contribution >= 4 is 17.5 Å². The van der Waals surface area contributed by atoms with Crippen molar-refractivity contribution < 1.29 is 9.59 Å². The summed E-state index contributed by atoms with van der Waals surface area (Å²) in [7, 11) is 1.79. The summed E-state index contributed by atoms with van der Waals surface area (Å²) >= 11 is 0. The maximum absolute atomic E-state index is 12.3. The molecule has 0 heterocycles. The van der Waals surface area contributed by atoms with E-state index in [1.165, 1.54) is 30.4 Å². The molecule has 2 N–H and O–H groups in total. The molecule has 0 aliphatic heterocycles. The van der Waals surface area contributed by atoms with Gasteiger partial charge in [-0.25, -0.2) is 0 Å². The molecular weight excluding hydrogens is 338 g/mol. The molecule has 1 aromatic rings. The summed E-state index contributed by atoms with van der Waals surface area (Å²) in [6.45, 7) is 7.11. The molecule has 1 aliphatic rings. The van der Waals surface area contributed by atoms with Gasteiger partial charge in [0.2, 0.25) is 11.8 Å². The number of nitrogens with zero attached hydrogens (tertiary/aromatic N) is 1. The topological polar surface area (TPSA) is 61.4 Å². The zero-order valence-electron chi connectivity index (χ0n) is 17.2. The maximum atomic E-state index is 12.3. The van der Waals surface area contributed by atoms with Gasteiger partial charge in [-0.05, 0) is 71.0 Å². The van der Waals surface area contributed by atoms with E-state index in [2.05, 4.69) is 28.8 Å². The zero-order chi connectivity index (χ0) is 19.8. The molecule has 1 aromatic carbocycles. The van der Waals surface area contributed by atoms with Gasteiger partial charge in [-0.1, -0.05) is 29.3 Å². The molecule has 2 amide bonds. The number of aryl methyl sites for hydroxylation is 3. The molecule has 0 unspecified atom stereocenters. The van der Waals surface area contributed by atoms with Crippen LogP contribution in [0.4, 0.5) is 5.69 Å². The number of nitrogens with one attached hydrogen (secondary N) is 2. The summed E-state index contributed by atoms with van der Waals surface area (Å²) in [5.41, 5.74) is 5.61. The van der Waals surface area contributed by atoms with Crippen molar-refractivity contribution in [1.29, 1.82) is 0 Å². The number of amides is 2. The van der Waals surface area contributed by atoms with E-state index in [4.69, 9.17) is 0 Å². The van der Waals surface area contributed by atoms with Gasteiger partial charge < -0.3 is 10.6 Å². The van der Waals surface area contributed by atoms with Crippen LogP contribution in [0.15, 0.2) is 23.8 Å². The lowest BCUT2D eigenvalue weighted by atomic mass is 9.97. The van der Waals surface area contributed by atoms with Crippen LogP contribution in [0.3, 0.4) is 0 Å². The van der Waals surface area contributed by atoms with E-state index in [0.29, 0.717) is 6.54 Å². The van der Waals surface area contributed by atoms with Crippen LogP contribution < -0.4 is 10.6 Å². The highest BCUT2D eigenvalue weighted by molar-refractivity contribution is 5.94. The van der Waals surface area contributed by atoms with Crippen LogP contribution in [-0.4, -0.2) is 43.4 Å². The first-order valence-electron chi connectivity index (χ1n) is 9.86. The number of carbonyl (C=O) groups is 2. The number of likely N-dealkylation sites (N-methyl/N-ethyl adjacent to an activating group) is 1. The van der Waals surface area contributed by atoms with Crippen molar-refractivity contribution in [2.75, 3.05) is 32.0 Å². The predicted molar refractivity (Wildman–Crippen MR) is 111 cm³/mol. The summed E-state index contributed by atoms with van der Waals surface area (Å²) in [6.07, 6.45) is 8.11. The average Bonchev–Trinajstić information content (AvgIpc) is 2.58. The van der Waals surface area contributed by atoms with Crippen LogP contribution in [-0.2, 0) is 9.59 Å². The van der Waals surface area contributed by atoms with Gasteiger partial charge >= 0.3 is 0 Å². The van der Waals surface area contributed by atoms with Crippen molar-refractivity contribution in [1.82, 2.24) is 10.2 Å². The first-order valence-corrected chi connectivity index (χ1v) is 9.86. The monoisotopic (exact) mass is 371 g/mol. The van der Waals surface area contributed by atoms with Gasteiger partial charge in [0.05, 0.1) is 13.1 Å². The lowest BCUT2D eigenvalue weighted by Crippen LogP contribution is -2.39. The minimum atomic E-state index is -0.104. The molecule has 2 rings (SSSR count). The highest BCUT2D eigenvalue weighted by atomic mass is 16.2. The summed E-state index contributed by atoms with van der Waals surface area (Å²) in [6, 6.07) is 4.11. The van der Waals surface area contributed by atoms with Crippen LogP contribution in [0, 0.1) is 20.8 Å². The second-order valence-corrected chi connectivity index (χ2v) is 7.70. The maximum Gasteiger partial charge on any atom is 0.238 e. The Kier molecular flexibility index (Phi) is 8.04. The van der Waals surface area contributed by atoms with Crippen molar-refractivity contribution in [3.63, 3.8) is 0 Å². The molecular formula is C22H33N3O2. The van der Waals surface area contributed by atoms with Crippen LogP contribution in [0.1, 0.15) is 48.8 Å². The predicted octanol–water partition coefficient (Wildman–Crippen LogP) is 3.49. The smallest absolute Gasteiger partial charge is 0.238 e. The van der Waals surface area contributed by atoms with Gasteiger partial charge in [0.1, 0.15) is 0 Å². The molecule has 0 aromatic heterocycles. The minimum Gasteiger partial charge on any atom is -0.355 e. The molecule has 0 saturated heterocycles. The Morgan fingerprint density at radius 1 is 1.04 bits per heavy atom. The quantitative estimate of drug-likeness (QED) is 0.688. The molecule has 148 valence electrons. The largest absolute Gasteiger partial charge is 0.355 e. The minimum absolute atomic E-state index is 0.0376. The van der Waals surface area contributed by atoms with Crippen LogP contribution in [0.25, 0.3) is 0 Å². The number of carbonyl (C=O) groups excluding carboxylic acids is 2. The summed E-state index contributed by atoms with van der Waals surface area (Å²) < 4.78 is 0. The number of hydrogen-bond acceptors (Lipinski definition) is 3. The fourth-order valence-corrected chi connectivity index (χ4v) is 3.65. The van der Waals surface area contributed by atoms with Gasteiger partial charge in [0.25, 0.3) is 0 Å². The Hall–Kier alpha value is -2.14. The first kappa shape index (κ1) is 21.2. The molecule has 1 aliphatic carbocycles. The number of hydrogen-bond donors (Lipinski definition) is 2. The Morgan fingerprint density at radius 3 is 2.33 bits per heavy atom. The van der Waals surface area contributed by atoms with Gasteiger partial charge in [-0.3, -0.25) is 14.5 Å². The Morgan fingerprint density at radius 2 is 1.70 bits per heavy atom. The van der Waals surface area contributed by atoms with Crippen molar-refractivity contribution in [2.45, 2.75) is 52.9 Å². The van der Waals surface area contributed by atoms with Crippen molar-refractivity contribution in [3.8, 4) is 0 Å². The molecule has 0 spiro atoms. The third kappa shape index (κ3) is 7.18. The van der Waals surface area contributed by atoms with Crippen LogP contribution >= 0.6 is 0 Å². The third-order valence-electron chi connectivity index (χ3n) is 4.92. The molecule has 0 radical (unpaired) electrons. The fraction of sp³-hybridized carbons (Fsp3) is 0.545. The van der Waals surface area contributed by atoms with E-state index in [0.717, 1.165) is 29.7 Å². The van der Waals surface area contributed by atoms with Gasteiger partial charge in [0, 0.05) is 12.2 Å². The van der Waals surface area contributed by atoms with Crippen LogP contribution in [0.2, 0.25) is 0 Å². The fourth-order valence-electron chi connectivity index (χ4n) is 3.65. The Balaban J connectivity index is 1.72. The highest BCUT2D eigenvalue weighted by Gasteiger charge is 2.13. The number of benzene rings is 1. The normalized spacial score (nSPS) is 14.0. The second-order valence-electron chi connectivity index (χ2n) is 7.70. The number of anilines is 1. The van der Waals surface area contributed by atoms with E-state index < -0.39 is 0 Å². The standard InChI is InChI=1S/C22H33N3O2/c1-16-12-17(2)22(18(3)13-16)24-21(27)15-25(4)14-20(26)23-11-10-19-8-6-5-7-9-19/h8,12-13H,5-7,9-11,14-15H2,1-4H3,(H,23,26)(H,24,27). The van der Waals surface area contributed by atoms with E-state index in [-0.39, 0.29) is 24.9 Å². The van der Waals surface area contributed by atoms with E-state index in [1.807, 2.05) is 20.8 Å². The first-order chi connectivity index (χ1) is 12.8. The summed E-state index contributed by atoms with van der Waals surface area (Å²) in [5, 5.41) is 5.93. The van der Waals surface area contributed by atoms with Crippen molar-refractivity contribution in [3.05, 3.63) is 40.5 Å².